The molecule has 0 saturated heterocycles. The average Bonchev–Trinajstić information content (AvgIpc) is 2.75. The van der Waals surface area contributed by atoms with Gasteiger partial charge in [-0.15, -0.1) is 0 Å². The van der Waals surface area contributed by atoms with Crippen LogP contribution in [0, 0.1) is 22.7 Å². The van der Waals surface area contributed by atoms with Crippen molar-refractivity contribution in [2.24, 2.45) is 0 Å². The highest BCUT2D eigenvalue weighted by Gasteiger charge is 2.18. The number of Topliss-reactive ketones (excluding diaryl/α,β-unsaturated/α-hetero) is 1. The van der Waals surface area contributed by atoms with E-state index >= 15 is 0 Å². The molecule has 1 aromatic carbocycles. The second kappa shape index (κ2) is 11.3. The second-order valence-electron chi connectivity index (χ2n) is 6.14. The van der Waals surface area contributed by atoms with Crippen LogP contribution in [0.2, 0.25) is 0 Å². The van der Waals surface area contributed by atoms with Gasteiger partial charge in [0.2, 0.25) is 0 Å². The quantitative estimate of drug-likeness (QED) is 0.428. The molecular weight excluding hydrogens is 378 g/mol. The van der Waals surface area contributed by atoms with E-state index in [1.807, 2.05) is 12.1 Å². The van der Waals surface area contributed by atoms with Crippen LogP contribution in [-0.2, 0) is 14.3 Å². The Morgan fingerprint density at radius 1 is 1.00 bits per heavy atom. The molecule has 0 bridgehead atoms. The van der Waals surface area contributed by atoms with Gasteiger partial charge in [-0.1, -0.05) is 0 Å². The summed E-state index contributed by atoms with van der Waals surface area (Å²) in [6.45, 7) is 0.697. The molecule has 1 aromatic rings. The Bertz CT molecular complexity index is 822. The fraction of sp³-hybridized carbons (Fsp3) is 0.450. The first kappa shape index (κ1) is 21.7. The summed E-state index contributed by atoms with van der Waals surface area (Å²) in [7, 11) is 0. The van der Waals surface area contributed by atoms with Crippen LogP contribution in [0.4, 0.5) is 0 Å². The minimum absolute atomic E-state index is 0.0702. The van der Waals surface area contributed by atoms with E-state index in [0.29, 0.717) is 30.3 Å². The largest absolute Gasteiger partial charge is 0.486 e. The maximum absolute atomic E-state index is 12.3. The molecule has 0 aliphatic carbocycles. The first-order valence-corrected chi connectivity index (χ1v) is 9.15. The molecule has 9 heteroatoms. The Balaban J connectivity index is 1.78. The summed E-state index contributed by atoms with van der Waals surface area (Å²) >= 11 is 0. The third-order valence-corrected chi connectivity index (χ3v) is 4.12. The van der Waals surface area contributed by atoms with Crippen molar-refractivity contribution >= 4 is 17.7 Å². The molecule has 0 radical (unpaired) electrons. The molecule has 29 heavy (non-hydrogen) atoms. The SMILES string of the molecule is N#CCCN(CCC#N)C(=O)COC(=O)CCC(=O)c1ccc2c(c1)OCCO2. The fourth-order valence-electron chi connectivity index (χ4n) is 2.61. The number of fused-ring (bicyclic) bond motifs is 1. The van der Waals surface area contributed by atoms with Crippen LogP contribution in [0.25, 0.3) is 0 Å². The van der Waals surface area contributed by atoms with Crippen LogP contribution in [0.1, 0.15) is 36.0 Å². The number of carbonyl (C=O) groups excluding carboxylic acids is 3. The Labute approximate surface area is 168 Å². The molecule has 0 fully saturated rings. The number of nitriles is 2. The Kier molecular flexibility index (Phi) is 8.46. The lowest BCUT2D eigenvalue weighted by molar-refractivity contribution is -0.152. The van der Waals surface area contributed by atoms with Crippen molar-refractivity contribution in [2.45, 2.75) is 25.7 Å². The summed E-state index contributed by atoms with van der Waals surface area (Å²) in [5.74, 6) is -0.352. The van der Waals surface area contributed by atoms with Gasteiger partial charge in [-0.05, 0) is 18.2 Å². The van der Waals surface area contributed by atoms with E-state index in [9.17, 15) is 14.4 Å². The number of esters is 1. The van der Waals surface area contributed by atoms with Gasteiger partial charge in [-0.2, -0.15) is 10.5 Å². The molecule has 0 unspecified atom stereocenters. The molecule has 0 spiro atoms. The minimum Gasteiger partial charge on any atom is -0.486 e. The van der Waals surface area contributed by atoms with Crippen LogP contribution in [0.3, 0.4) is 0 Å². The monoisotopic (exact) mass is 399 g/mol. The van der Waals surface area contributed by atoms with Crippen molar-refractivity contribution in [3.8, 4) is 23.6 Å². The lowest BCUT2D eigenvalue weighted by Crippen LogP contribution is -2.36. The number of rotatable bonds is 10. The lowest BCUT2D eigenvalue weighted by Gasteiger charge is -2.20. The molecule has 1 aliphatic rings. The zero-order valence-corrected chi connectivity index (χ0v) is 15.9. The van der Waals surface area contributed by atoms with E-state index < -0.39 is 18.5 Å². The highest BCUT2D eigenvalue weighted by atomic mass is 16.6. The fourth-order valence-corrected chi connectivity index (χ4v) is 2.61. The topological polar surface area (TPSA) is 130 Å². The number of ether oxygens (including phenoxy) is 3. The Morgan fingerprint density at radius 3 is 2.31 bits per heavy atom. The third kappa shape index (κ3) is 6.82. The predicted molar refractivity (Wildman–Crippen MR) is 99.0 cm³/mol. The Hall–Kier alpha value is -3.59. The highest BCUT2D eigenvalue weighted by molar-refractivity contribution is 5.98. The molecule has 0 saturated carbocycles. The summed E-state index contributed by atoms with van der Waals surface area (Å²) in [4.78, 5) is 37.5. The maximum atomic E-state index is 12.3. The number of nitrogens with zero attached hydrogens (tertiary/aromatic N) is 3. The van der Waals surface area contributed by atoms with Gasteiger partial charge < -0.3 is 19.1 Å². The third-order valence-electron chi connectivity index (χ3n) is 4.12. The number of hydrogen-bond acceptors (Lipinski definition) is 8. The Morgan fingerprint density at radius 2 is 1.66 bits per heavy atom. The summed E-state index contributed by atoms with van der Waals surface area (Å²) < 4.78 is 15.8. The zero-order chi connectivity index (χ0) is 21.1. The first-order valence-electron chi connectivity index (χ1n) is 9.15. The minimum atomic E-state index is -0.676. The molecule has 0 N–H and O–H groups in total. The lowest BCUT2D eigenvalue weighted by atomic mass is 10.1. The van der Waals surface area contributed by atoms with E-state index in [1.54, 1.807) is 18.2 Å². The predicted octanol–water partition coefficient (Wildman–Crippen LogP) is 1.62. The van der Waals surface area contributed by atoms with Gasteiger partial charge in [0.15, 0.2) is 23.9 Å². The van der Waals surface area contributed by atoms with Crippen molar-refractivity contribution in [3.05, 3.63) is 23.8 Å². The van der Waals surface area contributed by atoms with Crippen LogP contribution in [0.5, 0.6) is 11.5 Å². The van der Waals surface area contributed by atoms with E-state index in [4.69, 9.17) is 24.7 Å². The number of hydrogen-bond donors (Lipinski definition) is 0. The molecular formula is C20H21N3O6. The number of carbonyl (C=O) groups is 3. The van der Waals surface area contributed by atoms with Gasteiger partial charge in [0.25, 0.3) is 5.91 Å². The van der Waals surface area contributed by atoms with Gasteiger partial charge in [-0.25, -0.2) is 0 Å². The number of benzene rings is 1. The van der Waals surface area contributed by atoms with Gasteiger partial charge in [0, 0.05) is 25.1 Å². The van der Waals surface area contributed by atoms with Crippen molar-refractivity contribution in [1.29, 1.82) is 10.5 Å². The molecule has 1 amide bonds. The summed E-state index contributed by atoms with van der Waals surface area (Å²) in [5.41, 5.74) is 0.400. The van der Waals surface area contributed by atoms with Crippen molar-refractivity contribution in [3.63, 3.8) is 0 Å². The smallest absolute Gasteiger partial charge is 0.306 e. The summed E-state index contributed by atoms with van der Waals surface area (Å²) in [6.07, 6.45) is 0.000488. The van der Waals surface area contributed by atoms with Crippen LogP contribution in [-0.4, -0.2) is 55.5 Å². The molecule has 152 valence electrons. The molecule has 0 aromatic heterocycles. The van der Waals surface area contributed by atoms with Crippen LogP contribution < -0.4 is 9.47 Å². The second-order valence-corrected chi connectivity index (χ2v) is 6.14. The van der Waals surface area contributed by atoms with Crippen LogP contribution >= 0.6 is 0 Å². The molecule has 0 atom stereocenters. The van der Waals surface area contributed by atoms with Crippen molar-refractivity contribution in [1.82, 2.24) is 4.90 Å². The molecule has 2 rings (SSSR count). The van der Waals surface area contributed by atoms with E-state index in [1.165, 1.54) is 4.90 Å². The van der Waals surface area contributed by atoms with Gasteiger partial charge in [0.05, 0.1) is 31.4 Å². The molecule has 1 aliphatic heterocycles. The standard InChI is InChI=1S/C20H21N3O6/c21-7-1-9-23(10-2-8-22)19(25)14-29-20(26)6-4-16(24)15-3-5-17-18(13-15)28-12-11-27-17/h3,5,13H,1-2,4,6,9-12,14H2. The van der Waals surface area contributed by atoms with E-state index in [-0.39, 0.29) is 44.6 Å². The van der Waals surface area contributed by atoms with Crippen LogP contribution in [0.15, 0.2) is 18.2 Å². The van der Waals surface area contributed by atoms with Gasteiger partial charge in [0.1, 0.15) is 13.2 Å². The summed E-state index contributed by atoms with van der Waals surface area (Å²) in [6, 6.07) is 8.68. The highest BCUT2D eigenvalue weighted by Crippen LogP contribution is 2.31. The van der Waals surface area contributed by atoms with E-state index in [0.717, 1.165) is 0 Å². The zero-order valence-electron chi connectivity index (χ0n) is 15.9. The average molecular weight is 399 g/mol. The molecule has 1 heterocycles. The van der Waals surface area contributed by atoms with Crippen molar-refractivity contribution in [2.75, 3.05) is 32.9 Å². The number of amides is 1. The first-order chi connectivity index (χ1) is 14.0. The normalized spacial score (nSPS) is 11.7. The summed E-state index contributed by atoms with van der Waals surface area (Å²) in [5, 5.41) is 17.3. The van der Waals surface area contributed by atoms with Gasteiger partial charge >= 0.3 is 5.97 Å². The van der Waals surface area contributed by atoms with Gasteiger partial charge in [-0.3, -0.25) is 14.4 Å². The maximum Gasteiger partial charge on any atom is 0.306 e. The molecule has 9 nitrogen and oxygen atoms in total. The number of ketones is 1. The van der Waals surface area contributed by atoms with E-state index in [2.05, 4.69) is 0 Å². The van der Waals surface area contributed by atoms with Crippen molar-refractivity contribution < 1.29 is 28.6 Å².